The third-order valence-corrected chi connectivity index (χ3v) is 8.80. The summed E-state index contributed by atoms with van der Waals surface area (Å²) in [6, 6.07) is 6.08. The van der Waals surface area contributed by atoms with Crippen LogP contribution in [0.4, 0.5) is 17.3 Å². The summed E-state index contributed by atoms with van der Waals surface area (Å²) in [6.45, 7) is 7.12. The Morgan fingerprint density at radius 3 is 2.65 bits per heavy atom. The van der Waals surface area contributed by atoms with Gasteiger partial charge in [0.15, 0.2) is 11.3 Å². The van der Waals surface area contributed by atoms with Gasteiger partial charge in [-0.15, -0.1) is 0 Å². The van der Waals surface area contributed by atoms with Crippen LogP contribution < -0.4 is 26.8 Å². The lowest BCUT2D eigenvalue weighted by atomic mass is 10.1. The molecule has 2 atom stereocenters. The smallest absolute Gasteiger partial charge is 0.296 e. The largest absolute Gasteiger partial charge is 0.491 e. The number of ether oxygens (including phenoxy) is 2. The Kier molecular flexibility index (Phi) is 10.2. The molecule has 2 bridgehead atoms. The van der Waals surface area contributed by atoms with Gasteiger partial charge in [0, 0.05) is 56.6 Å². The molecule has 2 saturated heterocycles. The van der Waals surface area contributed by atoms with Crippen LogP contribution in [0.2, 0.25) is 0 Å². The molecule has 18 heteroatoms. The molecule has 1 aromatic carbocycles. The Hall–Kier alpha value is -5.88. The van der Waals surface area contributed by atoms with Gasteiger partial charge in [-0.2, -0.15) is 5.10 Å². The van der Waals surface area contributed by atoms with E-state index in [9.17, 15) is 24.5 Å². The van der Waals surface area contributed by atoms with Crippen LogP contribution >= 0.6 is 0 Å². The van der Waals surface area contributed by atoms with E-state index in [4.69, 9.17) is 20.9 Å². The van der Waals surface area contributed by atoms with Crippen LogP contribution in [0.15, 0.2) is 42.6 Å². The van der Waals surface area contributed by atoms with Gasteiger partial charge in [-0.3, -0.25) is 44.0 Å². The topological polar surface area (TPSA) is 241 Å². The molecule has 0 spiro atoms. The van der Waals surface area contributed by atoms with Crippen LogP contribution in [-0.2, 0) is 17.8 Å². The van der Waals surface area contributed by atoms with Crippen LogP contribution in [0.25, 0.3) is 11.2 Å². The maximum atomic E-state index is 13.3. The summed E-state index contributed by atoms with van der Waals surface area (Å²) in [5.74, 6) is -1.61. The molecule has 3 aromatic heterocycles. The zero-order valence-electron chi connectivity index (χ0n) is 28.2. The van der Waals surface area contributed by atoms with Crippen molar-refractivity contribution in [3.63, 3.8) is 0 Å². The molecule has 3 amide bonds. The van der Waals surface area contributed by atoms with Crippen LogP contribution in [0.5, 0.6) is 5.75 Å². The first-order chi connectivity index (χ1) is 24.5. The van der Waals surface area contributed by atoms with E-state index in [0.717, 1.165) is 32.2 Å². The molecular formula is C33H39N11O7. The Morgan fingerprint density at radius 1 is 1.16 bits per heavy atom. The number of hydrogen-bond acceptors (Lipinski definition) is 12. The molecule has 18 nitrogen and oxygen atoms in total. The summed E-state index contributed by atoms with van der Waals surface area (Å²) in [5.41, 5.74) is 12.5. The molecule has 0 radical (unpaired) electrons. The van der Waals surface area contributed by atoms with Gasteiger partial charge in [0.1, 0.15) is 17.0 Å². The predicted molar refractivity (Wildman–Crippen MR) is 186 cm³/mol. The number of carbonyl (C=O) groups is 3. The molecule has 6 N–H and O–H groups in total. The van der Waals surface area contributed by atoms with Gasteiger partial charge in [-0.05, 0) is 44.9 Å². The minimum Gasteiger partial charge on any atom is -0.491 e. The number of allylic oxidation sites excluding steroid dienone is 1. The Balaban J connectivity index is 1.18. The highest BCUT2D eigenvalue weighted by Crippen LogP contribution is 2.36. The highest BCUT2D eigenvalue weighted by Gasteiger charge is 2.38. The van der Waals surface area contributed by atoms with Crippen molar-refractivity contribution in [1.82, 2.24) is 29.2 Å². The lowest BCUT2D eigenvalue weighted by Crippen LogP contribution is -2.37. The fourth-order valence-corrected chi connectivity index (χ4v) is 6.35. The number of hydrogen-bond donors (Lipinski definition) is 4. The Bertz CT molecular complexity index is 2020. The average Bonchev–Trinajstić information content (AvgIpc) is 3.89. The minimum atomic E-state index is -0.816. The lowest BCUT2D eigenvalue weighted by Gasteiger charge is -2.26. The first-order valence-electron chi connectivity index (χ1n) is 16.5. The van der Waals surface area contributed by atoms with E-state index in [1.807, 2.05) is 6.92 Å². The monoisotopic (exact) mass is 701 g/mol. The summed E-state index contributed by atoms with van der Waals surface area (Å²) in [6.07, 6.45) is 6.79. The number of aromatic nitrogens is 5. The van der Waals surface area contributed by atoms with Crippen LogP contribution in [0.3, 0.4) is 0 Å². The molecule has 51 heavy (non-hydrogen) atoms. The quantitative estimate of drug-likeness (QED) is 0.0569. The molecule has 5 heterocycles. The summed E-state index contributed by atoms with van der Waals surface area (Å²) in [5, 5.41) is 22.3. The van der Waals surface area contributed by atoms with Crippen molar-refractivity contribution in [1.29, 1.82) is 0 Å². The predicted octanol–water partition coefficient (Wildman–Crippen LogP) is 2.22. The maximum absolute atomic E-state index is 13.3. The van der Waals surface area contributed by atoms with Crippen molar-refractivity contribution < 1.29 is 28.8 Å². The van der Waals surface area contributed by atoms with Crippen molar-refractivity contribution in [3.8, 4) is 5.75 Å². The van der Waals surface area contributed by atoms with Gasteiger partial charge in [0.25, 0.3) is 11.6 Å². The SMILES string of the molecule is CCn1nc(C)cc1C(=O)Nc1nc2cc(C(N)=O)cnc2n1C/C=C/CNc1c(OCCCN2C[C@H]3C[C@@H]2CO3)cc(C(N)=O)cc1[N+](=O)[O-]. The Morgan fingerprint density at radius 2 is 1.96 bits per heavy atom. The normalized spacial score (nSPS) is 17.0. The van der Waals surface area contributed by atoms with Crippen molar-refractivity contribution in [2.24, 2.45) is 11.5 Å². The first kappa shape index (κ1) is 35.0. The molecule has 6 rings (SSSR count). The van der Waals surface area contributed by atoms with Gasteiger partial charge in [-0.25, -0.2) is 9.97 Å². The third kappa shape index (κ3) is 7.65. The number of carbonyl (C=O) groups excluding carboxylic acids is 3. The fraction of sp³-hybridized carbons (Fsp3) is 0.394. The van der Waals surface area contributed by atoms with Crippen molar-refractivity contribution in [3.05, 3.63) is 75.2 Å². The number of amides is 3. The third-order valence-electron chi connectivity index (χ3n) is 8.80. The number of nitrogens with two attached hydrogens (primary N) is 2. The molecular weight excluding hydrogens is 662 g/mol. The molecule has 2 aliphatic rings. The van der Waals surface area contributed by atoms with Gasteiger partial charge in [0.2, 0.25) is 17.8 Å². The van der Waals surface area contributed by atoms with E-state index in [1.165, 1.54) is 18.3 Å². The molecule has 2 aliphatic heterocycles. The number of primary amides is 2. The zero-order valence-corrected chi connectivity index (χ0v) is 28.2. The van der Waals surface area contributed by atoms with E-state index >= 15 is 0 Å². The summed E-state index contributed by atoms with van der Waals surface area (Å²) >= 11 is 0. The number of imidazole rings is 1. The van der Waals surface area contributed by atoms with Crippen LogP contribution in [0, 0.1) is 17.0 Å². The van der Waals surface area contributed by atoms with E-state index in [1.54, 1.807) is 34.4 Å². The number of anilines is 2. The zero-order chi connectivity index (χ0) is 36.2. The van der Waals surface area contributed by atoms with Crippen molar-refractivity contribution in [2.45, 2.75) is 51.9 Å². The second-order valence-electron chi connectivity index (χ2n) is 12.3. The van der Waals surface area contributed by atoms with E-state index in [2.05, 4.69) is 30.6 Å². The highest BCUT2D eigenvalue weighted by atomic mass is 16.6. The van der Waals surface area contributed by atoms with Gasteiger partial charge >= 0.3 is 0 Å². The number of nitrogens with one attached hydrogen (secondary N) is 2. The molecule has 2 fully saturated rings. The van der Waals surface area contributed by atoms with Gasteiger partial charge < -0.3 is 26.3 Å². The van der Waals surface area contributed by atoms with Crippen LogP contribution in [0.1, 0.15) is 56.7 Å². The second-order valence-corrected chi connectivity index (χ2v) is 12.3. The molecule has 0 aliphatic carbocycles. The summed E-state index contributed by atoms with van der Waals surface area (Å²) in [4.78, 5) is 59.8. The second kappa shape index (κ2) is 14.9. The Labute approximate surface area is 291 Å². The van der Waals surface area contributed by atoms with Crippen LogP contribution in [-0.4, -0.2) is 96.9 Å². The molecule has 0 unspecified atom stereocenters. The fourth-order valence-electron chi connectivity index (χ4n) is 6.35. The number of morpholine rings is 1. The van der Waals surface area contributed by atoms with Crippen molar-refractivity contribution in [2.75, 3.05) is 43.5 Å². The number of fused-ring (bicyclic) bond motifs is 3. The number of aryl methyl sites for hydroxylation is 2. The highest BCUT2D eigenvalue weighted by molar-refractivity contribution is 6.03. The van der Waals surface area contributed by atoms with E-state index in [0.29, 0.717) is 41.6 Å². The minimum absolute atomic E-state index is 0.0440. The lowest BCUT2D eigenvalue weighted by molar-refractivity contribution is -0.384. The number of rotatable bonds is 16. The van der Waals surface area contributed by atoms with Gasteiger partial charge in [-0.1, -0.05) is 12.2 Å². The molecule has 4 aromatic rings. The van der Waals surface area contributed by atoms with Crippen molar-refractivity contribution >= 4 is 46.2 Å². The maximum Gasteiger partial charge on any atom is 0.296 e. The number of benzene rings is 1. The van der Waals surface area contributed by atoms with E-state index < -0.39 is 22.6 Å². The first-order valence-corrected chi connectivity index (χ1v) is 16.5. The van der Waals surface area contributed by atoms with Gasteiger partial charge in [0.05, 0.1) is 35.5 Å². The molecule has 268 valence electrons. The van der Waals surface area contributed by atoms with E-state index in [-0.39, 0.29) is 60.0 Å². The number of nitro groups is 1. The standard InChI is InChI=1S/C33H39N11O7/c1-3-43-26(11-19(2)40-43)32(47)39-33-38-24-12-21(30(35)46)16-37-31(24)42(33)9-5-4-7-36-28-25(44(48)49)13-20(29(34)45)14-27(28)50-10-6-8-41-17-23-15-22(41)18-51-23/h4-5,11-14,16,22-23,36H,3,6-10,15,17-18H2,1-2H3,(H2,34,45)(H2,35,46)(H,38,39,47)/b5-4+/t22-,23-/m1/s1. The summed E-state index contributed by atoms with van der Waals surface area (Å²) < 4.78 is 14.9. The number of nitrogens with zero attached hydrogens (tertiary/aromatic N) is 7. The number of pyridine rings is 1. The average molecular weight is 702 g/mol. The number of likely N-dealkylation sites (tertiary alicyclic amines) is 1. The summed E-state index contributed by atoms with van der Waals surface area (Å²) in [7, 11) is 0. The number of nitro benzene ring substituents is 1. The molecule has 0 saturated carbocycles.